The van der Waals surface area contributed by atoms with E-state index in [1.165, 1.54) is 5.56 Å². The number of hydrogen-bond acceptors (Lipinski definition) is 4. The first kappa shape index (κ1) is 17.1. The molecule has 2 heterocycles. The molecule has 6 nitrogen and oxygen atoms in total. The van der Waals surface area contributed by atoms with Crippen LogP contribution >= 0.6 is 0 Å². The Balaban J connectivity index is 1.44. The summed E-state index contributed by atoms with van der Waals surface area (Å²) in [5.41, 5.74) is 2.36. The first-order chi connectivity index (χ1) is 12.6. The summed E-state index contributed by atoms with van der Waals surface area (Å²) in [6, 6.07) is 8.14. The van der Waals surface area contributed by atoms with Crippen LogP contribution in [0.4, 0.5) is 0 Å². The Labute approximate surface area is 153 Å². The van der Waals surface area contributed by atoms with Gasteiger partial charge in [0.2, 0.25) is 5.91 Å². The zero-order valence-electron chi connectivity index (χ0n) is 15.4. The van der Waals surface area contributed by atoms with Gasteiger partial charge in [-0.15, -0.1) is 0 Å². The molecule has 1 aliphatic heterocycles. The molecule has 1 saturated heterocycles. The van der Waals surface area contributed by atoms with E-state index in [4.69, 9.17) is 4.74 Å². The Morgan fingerprint density at radius 3 is 2.88 bits per heavy atom. The van der Waals surface area contributed by atoms with Gasteiger partial charge in [0.1, 0.15) is 5.75 Å². The van der Waals surface area contributed by atoms with Gasteiger partial charge in [-0.1, -0.05) is 18.2 Å². The van der Waals surface area contributed by atoms with Crippen molar-refractivity contribution in [2.75, 3.05) is 26.7 Å². The predicted octanol–water partition coefficient (Wildman–Crippen LogP) is 1.58. The highest BCUT2D eigenvalue weighted by Crippen LogP contribution is 2.50. The second-order valence-electron chi connectivity index (χ2n) is 7.52. The summed E-state index contributed by atoms with van der Waals surface area (Å²) >= 11 is 0. The molecule has 0 bridgehead atoms. The second kappa shape index (κ2) is 6.76. The fraction of sp³-hybridized carbons (Fsp3) is 0.500. The van der Waals surface area contributed by atoms with E-state index >= 15 is 0 Å². The summed E-state index contributed by atoms with van der Waals surface area (Å²) in [6.07, 6.45) is 6.05. The predicted molar refractivity (Wildman–Crippen MR) is 99.2 cm³/mol. The smallest absolute Gasteiger partial charge is 0.225 e. The maximum atomic E-state index is 12.9. The molecule has 2 N–H and O–H groups in total. The van der Waals surface area contributed by atoms with E-state index < -0.39 is 0 Å². The number of ether oxygens (including phenoxy) is 1. The maximum absolute atomic E-state index is 12.9. The monoisotopic (exact) mass is 354 g/mol. The lowest BCUT2D eigenvalue weighted by atomic mass is 9.89. The van der Waals surface area contributed by atoms with Gasteiger partial charge >= 0.3 is 0 Å². The van der Waals surface area contributed by atoms with Gasteiger partial charge in [-0.25, -0.2) is 0 Å². The average molecular weight is 354 g/mol. The Morgan fingerprint density at radius 2 is 2.19 bits per heavy atom. The highest BCUT2D eigenvalue weighted by Gasteiger charge is 2.46. The number of rotatable bonds is 6. The minimum atomic E-state index is -0.0485. The van der Waals surface area contributed by atoms with Gasteiger partial charge in [-0.3, -0.25) is 9.48 Å². The van der Waals surface area contributed by atoms with Gasteiger partial charge in [-0.05, 0) is 24.5 Å². The highest BCUT2D eigenvalue weighted by atomic mass is 16.5. The van der Waals surface area contributed by atoms with E-state index in [1.54, 1.807) is 11.8 Å². The molecule has 2 aromatic rings. The number of aryl methyl sites for hydroxylation is 1. The SMILES string of the molecule is COc1ccccc1C1(CNC(=O)[C@H]2CNC[C@@H]2c2cnn(C)c2)CC1. The maximum Gasteiger partial charge on any atom is 0.225 e. The van der Waals surface area contributed by atoms with Gasteiger partial charge < -0.3 is 15.4 Å². The lowest BCUT2D eigenvalue weighted by molar-refractivity contribution is -0.124. The fourth-order valence-electron chi connectivity index (χ4n) is 4.10. The van der Waals surface area contributed by atoms with Crippen LogP contribution in [-0.2, 0) is 17.3 Å². The van der Waals surface area contributed by atoms with Crippen molar-refractivity contribution in [2.24, 2.45) is 13.0 Å². The third kappa shape index (κ3) is 3.09. The van der Waals surface area contributed by atoms with Crippen molar-refractivity contribution in [2.45, 2.75) is 24.2 Å². The first-order valence-electron chi connectivity index (χ1n) is 9.23. The molecule has 0 unspecified atom stereocenters. The number of hydrogen-bond donors (Lipinski definition) is 2. The van der Waals surface area contributed by atoms with Gasteiger partial charge in [0.15, 0.2) is 0 Å². The zero-order chi connectivity index (χ0) is 18.1. The summed E-state index contributed by atoms with van der Waals surface area (Å²) in [5.74, 6) is 1.18. The number of methoxy groups -OCH3 is 1. The normalized spacial score (nSPS) is 23.6. The quantitative estimate of drug-likeness (QED) is 0.826. The molecule has 4 rings (SSSR count). The molecule has 0 radical (unpaired) electrons. The number of carbonyl (C=O) groups excluding carboxylic acids is 1. The summed E-state index contributed by atoms with van der Waals surface area (Å²) in [4.78, 5) is 12.9. The third-order valence-corrected chi connectivity index (χ3v) is 5.84. The van der Waals surface area contributed by atoms with Crippen molar-refractivity contribution >= 4 is 5.91 Å². The van der Waals surface area contributed by atoms with Crippen LogP contribution in [0.15, 0.2) is 36.7 Å². The third-order valence-electron chi connectivity index (χ3n) is 5.84. The summed E-state index contributed by atoms with van der Waals surface area (Å²) in [5, 5.41) is 10.8. The van der Waals surface area contributed by atoms with E-state index in [1.807, 2.05) is 37.6 Å². The lowest BCUT2D eigenvalue weighted by Gasteiger charge is -2.22. The van der Waals surface area contributed by atoms with Crippen LogP contribution < -0.4 is 15.4 Å². The van der Waals surface area contributed by atoms with Gasteiger partial charge in [-0.2, -0.15) is 5.10 Å². The van der Waals surface area contributed by atoms with Crippen molar-refractivity contribution in [3.8, 4) is 5.75 Å². The van der Waals surface area contributed by atoms with Crippen LogP contribution in [0.1, 0.15) is 29.9 Å². The molecule has 1 aliphatic carbocycles. The highest BCUT2D eigenvalue weighted by molar-refractivity contribution is 5.80. The largest absolute Gasteiger partial charge is 0.496 e. The standard InChI is InChI=1S/C20H26N4O2/c1-24-12-14(9-23-24)15-10-21-11-16(15)19(25)22-13-20(7-8-20)17-5-3-4-6-18(17)26-2/h3-6,9,12,15-16,21H,7-8,10-11,13H2,1-2H3,(H,22,25)/t15-,16+/m1/s1. The molecular formula is C20H26N4O2. The van der Waals surface area contributed by atoms with E-state index in [2.05, 4.69) is 21.8 Å². The van der Waals surface area contributed by atoms with Crippen LogP contribution in [0.5, 0.6) is 5.75 Å². The van der Waals surface area contributed by atoms with Crippen LogP contribution in [0.2, 0.25) is 0 Å². The molecule has 1 aromatic heterocycles. The lowest BCUT2D eigenvalue weighted by Crippen LogP contribution is -2.38. The van der Waals surface area contributed by atoms with E-state index in [0.717, 1.165) is 30.7 Å². The van der Waals surface area contributed by atoms with Crippen molar-refractivity contribution < 1.29 is 9.53 Å². The molecule has 1 amide bonds. The number of nitrogens with one attached hydrogen (secondary N) is 2. The van der Waals surface area contributed by atoms with Crippen molar-refractivity contribution in [1.29, 1.82) is 0 Å². The molecule has 26 heavy (non-hydrogen) atoms. The average Bonchev–Trinajstić information content (AvgIpc) is 3.07. The summed E-state index contributed by atoms with van der Waals surface area (Å²) < 4.78 is 7.32. The number of nitrogens with zero attached hydrogens (tertiary/aromatic N) is 2. The molecule has 138 valence electrons. The van der Waals surface area contributed by atoms with Crippen LogP contribution in [0.25, 0.3) is 0 Å². The Hall–Kier alpha value is -2.34. The number of amides is 1. The first-order valence-corrected chi connectivity index (χ1v) is 9.23. The van der Waals surface area contributed by atoms with Crippen LogP contribution in [0.3, 0.4) is 0 Å². The Morgan fingerprint density at radius 1 is 1.38 bits per heavy atom. The minimum absolute atomic E-state index is 0.0259. The van der Waals surface area contributed by atoms with Gasteiger partial charge in [0.05, 0.1) is 19.2 Å². The summed E-state index contributed by atoms with van der Waals surface area (Å²) in [7, 11) is 3.61. The number of benzene rings is 1. The Bertz CT molecular complexity index is 797. The van der Waals surface area contributed by atoms with Crippen molar-refractivity contribution in [3.63, 3.8) is 0 Å². The van der Waals surface area contributed by atoms with Crippen LogP contribution in [0, 0.1) is 5.92 Å². The molecule has 0 spiro atoms. The van der Waals surface area contributed by atoms with Crippen LogP contribution in [-0.4, -0.2) is 42.4 Å². The molecule has 1 saturated carbocycles. The molecule has 1 aromatic carbocycles. The van der Waals surface area contributed by atoms with Crippen molar-refractivity contribution in [3.05, 3.63) is 47.8 Å². The number of aromatic nitrogens is 2. The molecule has 6 heteroatoms. The topological polar surface area (TPSA) is 68.2 Å². The van der Waals surface area contributed by atoms with E-state index in [9.17, 15) is 4.79 Å². The van der Waals surface area contributed by atoms with Gasteiger partial charge in [0.25, 0.3) is 0 Å². The molecule has 2 aliphatic rings. The van der Waals surface area contributed by atoms with E-state index in [0.29, 0.717) is 13.1 Å². The Kier molecular flexibility index (Phi) is 4.44. The summed E-state index contributed by atoms with van der Waals surface area (Å²) in [6.45, 7) is 2.21. The van der Waals surface area contributed by atoms with Crippen molar-refractivity contribution in [1.82, 2.24) is 20.4 Å². The molecule has 2 atom stereocenters. The molecular weight excluding hydrogens is 328 g/mol. The minimum Gasteiger partial charge on any atom is -0.496 e. The fourth-order valence-corrected chi connectivity index (χ4v) is 4.10. The van der Waals surface area contributed by atoms with Gasteiger partial charge in [0, 0.05) is 49.8 Å². The number of carbonyl (C=O) groups is 1. The molecule has 2 fully saturated rings. The zero-order valence-corrected chi connectivity index (χ0v) is 15.4. The second-order valence-corrected chi connectivity index (χ2v) is 7.52. The number of para-hydroxylation sites is 1. The van der Waals surface area contributed by atoms with E-state index in [-0.39, 0.29) is 23.2 Å².